The van der Waals surface area contributed by atoms with E-state index in [9.17, 15) is 0 Å². The van der Waals surface area contributed by atoms with E-state index in [1.165, 1.54) is 16.7 Å². The molecule has 0 saturated carbocycles. The molecule has 1 aliphatic heterocycles. The Labute approximate surface area is 176 Å². The average molecular weight is 393 g/mol. The van der Waals surface area contributed by atoms with E-state index in [1.807, 2.05) is 48.8 Å². The molecule has 0 saturated heterocycles. The fourth-order valence-electron chi connectivity index (χ4n) is 3.78. The molecule has 0 atom stereocenters. The minimum Gasteiger partial charge on any atom is -0.366 e. The van der Waals surface area contributed by atoms with Crippen molar-refractivity contribution in [1.29, 1.82) is 0 Å². The first-order valence-electron chi connectivity index (χ1n) is 10.2. The molecule has 148 valence electrons. The molecule has 0 unspecified atom stereocenters. The van der Waals surface area contributed by atoms with Crippen LogP contribution in [0.15, 0.2) is 85.2 Å². The molecule has 1 N–H and O–H groups in total. The highest BCUT2D eigenvalue weighted by atomic mass is 15.3. The van der Waals surface area contributed by atoms with Gasteiger partial charge in [-0.05, 0) is 35.2 Å². The molecule has 3 heterocycles. The molecule has 5 nitrogen and oxygen atoms in total. The van der Waals surface area contributed by atoms with Crippen LogP contribution in [0.2, 0.25) is 0 Å². The Bertz CT molecular complexity index is 1130. The number of rotatable bonds is 5. The lowest BCUT2D eigenvalue weighted by atomic mass is 10.0. The summed E-state index contributed by atoms with van der Waals surface area (Å²) in [6.07, 6.45) is 4.63. The normalized spacial score (nSPS) is 13.0. The smallest absolute Gasteiger partial charge is 0.228 e. The summed E-state index contributed by atoms with van der Waals surface area (Å²) in [6.45, 7) is 2.44. The monoisotopic (exact) mass is 393 g/mol. The summed E-state index contributed by atoms with van der Waals surface area (Å²) >= 11 is 0. The largest absolute Gasteiger partial charge is 0.366 e. The van der Waals surface area contributed by atoms with E-state index in [0.29, 0.717) is 6.54 Å². The molecule has 0 amide bonds. The van der Waals surface area contributed by atoms with Crippen molar-refractivity contribution in [1.82, 2.24) is 15.0 Å². The first kappa shape index (κ1) is 18.3. The average Bonchev–Trinajstić information content (AvgIpc) is 2.83. The highest BCUT2D eigenvalue weighted by Gasteiger charge is 2.19. The van der Waals surface area contributed by atoms with Crippen LogP contribution in [0, 0.1) is 0 Å². The van der Waals surface area contributed by atoms with E-state index in [1.54, 1.807) is 0 Å². The molecule has 30 heavy (non-hydrogen) atoms. The summed E-state index contributed by atoms with van der Waals surface area (Å²) in [5.74, 6) is 1.60. The Kier molecular flexibility index (Phi) is 5.08. The van der Waals surface area contributed by atoms with Gasteiger partial charge in [0, 0.05) is 43.7 Å². The lowest BCUT2D eigenvalue weighted by Crippen LogP contribution is -2.32. The van der Waals surface area contributed by atoms with Gasteiger partial charge in [0.05, 0.1) is 5.69 Å². The highest BCUT2D eigenvalue weighted by molar-refractivity contribution is 5.64. The zero-order valence-corrected chi connectivity index (χ0v) is 16.7. The second-order valence-electron chi connectivity index (χ2n) is 7.45. The zero-order valence-electron chi connectivity index (χ0n) is 16.7. The Morgan fingerprint density at radius 3 is 2.43 bits per heavy atom. The maximum atomic E-state index is 4.92. The van der Waals surface area contributed by atoms with Crippen LogP contribution in [0.3, 0.4) is 0 Å². The van der Waals surface area contributed by atoms with E-state index >= 15 is 0 Å². The SMILES string of the molecule is c1ccc(-c2cc(NCc3ccncc3)nc(N3CCc4ccccc4C3)n2)cc1. The van der Waals surface area contributed by atoms with Crippen LogP contribution in [0.4, 0.5) is 11.8 Å². The summed E-state index contributed by atoms with van der Waals surface area (Å²) in [7, 11) is 0. The van der Waals surface area contributed by atoms with Crippen molar-refractivity contribution in [2.75, 3.05) is 16.8 Å². The third-order valence-corrected chi connectivity index (χ3v) is 5.42. The molecule has 2 aromatic heterocycles. The fraction of sp³-hybridized carbons (Fsp3) is 0.160. The van der Waals surface area contributed by atoms with Gasteiger partial charge in [-0.3, -0.25) is 4.98 Å². The third-order valence-electron chi connectivity index (χ3n) is 5.42. The Hall–Kier alpha value is -3.73. The Balaban J connectivity index is 1.47. The molecule has 0 bridgehead atoms. The predicted octanol–water partition coefficient (Wildman–Crippen LogP) is 4.71. The Morgan fingerprint density at radius 2 is 1.60 bits per heavy atom. The number of fused-ring (bicyclic) bond motifs is 1. The van der Waals surface area contributed by atoms with Crippen molar-refractivity contribution in [3.05, 3.63) is 102 Å². The number of hydrogen-bond donors (Lipinski definition) is 1. The van der Waals surface area contributed by atoms with Crippen LogP contribution in [0.25, 0.3) is 11.3 Å². The summed E-state index contributed by atoms with van der Waals surface area (Å²) in [6, 6.07) is 25.0. The van der Waals surface area contributed by atoms with Gasteiger partial charge in [-0.1, -0.05) is 54.6 Å². The van der Waals surface area contributed by atoms with Crippen molar-refractivity contribution >= 4 is 11.8 Å². The van der Waals surface area contributed by atoms with Crippen molar-refractivity contribution in [3.63, 3.8) is 0 Å². The molecule has 4 aromatic rings. The third kappa shape index (κ3) is 4.01. The molecular formula is C25H23N5. The van der Waals surface area contributed by atoms with Gasteiger partial charge in [0.2, 0.25) is 5.95 Å². The van der Waals surface area contributed by atoms with Crippen molar-refractivity contribution in [3.8, 4) is 11.3 Å². The molecule has 5 heteroatoms. The number of pyridine rings is 1. The number of aromatic nitrogens is 3. The topological polar surface area (TPSA) is 53.9 Å². The summed E-state index contributed by atoms with van der Waals surface area (Å²) in [5.41, 5.74) is 5.95. The van der Waals surface area contributed by atoms with Crippen LogP contribution < -0.4 is 10.2 Å². The number of hydrogen-bond acceptors (Lipinski definition) is 5. The molecule has 2 aromatic carbocycles. The van der Waals surface area contributed by atoms with Gasteiger partial charge < -0.3 is 10.2 Å². The second-order valence-corrected chi connectivity index (χ2v) is 7.45. The second kappa shape index (κ2) is 8.33. The van der Waals surface area contributed by atoms with Crippen LogP contribution >= 0.6 is 0 Å². The standard InChI is InChI=1S/C25H23N5/c1-2-7-21(8-3-1)23-16-24(27-17-19-10-13-26-14-11-19)29-25(28-23)30-15-12-20-6-4-5-9-22(20)18-30/h1-11,13-14,16H,12,15,17-18H2,(H,27,28,29). The lowest BCUT2D eigenvalue weighted by molar-refractivity contribution is 0.708. The fourth-order valence-corrected chi connectivity index (χ4v) is 3.78. The number of nitrogens with one attached hydrogen (secondary N) is 1. The van der Waals surface area contributed by atoms with Crippen LogP contribution in [-0.4, -0.2) is 21.5 Å². The summed E-state index contributed by atoms with van der Waals surface area (Å²) in [4.78, 5) is 16.1. The molecular weight excluding hydrogens is 370 g/mol. The lowest BCUT2D eigenvalue weighted by Gasteiger charge is -2.29. The van der Waals surface area contributed by atoms with Crippen molar-refractivity contribution < 1.29 is 0 Å². The van der Waals surface area contributed by atoms with E-state index in [0.717, 1.165) is 42.5 Å². The van der Waals surface area contributed by atoms with Gasteiger partial charge in [0.25, 0.3) is 0 Å². The first-order valence-corrected chi connectivity index (χ1v) is 10.2. The van der Waals surface area contributed by atoms with Gasteiger partial charge >= 0.3 is 0 Å². The summed E-state index contributed by atoms with van der Waals surface area (Å²) in [5, 5.41) is 3.46. The van der Waals surface area contributed by atoms with Gasteiger partial charge in [0.1, 0.15) is 5.82 Å². The zero-order chi connectivity index (χ0) is 20.2. The highest BCUT2D eigenvalue weighted by Crippen LogP contribution is 2.27. The molecule has 0 aliphatic carbocycles. The molecule has 0 fully saturated rings. The minimum absolute atomic E-state index is 0.691. The first-order chi connectivity index (χ1) is 14.8. The number of anilines is 2. The molecule has 0 radical (unpaired) electrons. The van der Waals surface area contributed by atoms with Crippen LogP contribution in [0.1, 0.15) is 16.7 Å². The maximum Gasteiger partial charge on any atom is 0.228 e. The number of nitrogens with zero attached hydrogens (tertiary/aromatic N) is 4. The van der Waals surface area contributed by atoms with Crippen LogP contribution in [-0.2, 0) is 19.5 Å². The molecule has 1 aliphatic rings. The van der Waals surface area contributed by atoms with E-state index < -0.39 is 0 Å². The van der Waals surface area contributed by atoms with E-state index in [-0.39, 0.29) is 0 Å². The van der Waals surface area contributed by atoms with Gasteiger partial charge in [-0.15, -0.1) is 0 Å². The molecule has 5 rings (SSSR count). The predicted molar refractivity (Wildman–Crippen MR) is 120 cm³/mol. The van der Waals surface area contributed by atoms with Crippen LogP contribution in [0.5, 0.6) is 0 Å². The van der Waals surface area contributed by atoms with Gasteiger partial charge in [-0.2, -0.15) is 4.98 Å². The minimum atomic E-state index is 0.691. The van der Waals surface area contributed by atoms with E-state index in [2.05, 4.69) is 51.6 Å². The quantitative estimate of drug-likeness (QED) is 0.532. The number of benzene rings is 2. The van der Waals surface area contributed by atoms with Gasteiger partial charge in [0.15, 0.2) is 0 Å². The Morgan fingerprint density at radius 1 is 0.833 bits per heavy atom. The van der Waals surface area contributed by atoms with E-state index in [4.69, 9.17) is 9.97 Å². The van der Waals surface area contributed by atoms with Crippen molar-refractivity contribution in [2.24, 2.45) is 0 Å². The maximum absolute atomic E-state index is 4.92. The van der Waals surface area contributed by atoms with Gasteiger partial charge in [-0.25, -0.2) is 4.98 Å². The van der Waals surface area contributed by atoms with Crippen molar-refractivity contribution in [2.45, 2.75) is 19.5 Å². The summed E-state index contributed by atoms with van der Waals surface area (Å²) < 4.78 is 0. The molecule has 0 spiro atoms.